The first-order valence-electron chi connectivity index (χ1n) is 4.25. The summed E-state index contributed by atoms with van der Waals surface area (Å²) in [6.07, 6.45) is 0.474. The molecular formula is C10H10FNO3. The van der Waals surface area contributed by atoms with Gasteiger partial charge in [-0.2, -0.15) is 0 Å². The zero-order valence-corrected chi connectivity index (χ0v) is 8.12. The lowest BCUT2D eigenvalue weighted by Crippen LogP contribution is -2.25. The molecule has 1 aromatic carbocycles. The molecule has 0 saturated carbocycles. The highest BCUT2D eigenvalue weighted by Gasteiger charge is 2.06. The summed E-state index contributed by atoms with van der Waals surface area (Å²) in [4.78, 5) is 21.4. The standard InChI is InChI=1S/C10H10FNO3/c1-12-10(14)6-15-9-3-2-8(11)4-7(9)5-13/h2-5H,6H2,1H3,(H,12,14). The minimum Gasteiger partial charge on any atom is -0.483 e. The Balaban J connectivity index is 2.76. The average Bonchev–Trinajstić information content (AvgIpc) is 2.26. The lowest BCUT2D eigenvalue weighted by atomic mass is 10.2. The van der Waals surface area contributed by atoms with E-state index in [4.69, 9.17) is 4.74 Å². The summed E-state index contributed by atoms with van der Waals surface area (Å²) >= 11 is 0. The van der Waals surface area contributed by atoms with Crippen molar-refractivity contribution in [3.8, 4) is 5.75 Å². The number of nitrogens with one attached hydrogen (secondary N) is 1. The van der Waals surface area contributed by atoms with Crippen LogP contribution >= 0.6 is 0 Å². The summed E-state index contributed by atoms with van der Waals surface area (Å²) in [5.41, 5.74) is 0.0823. The second-order valence-electron chi connectivity index (χ2n) is 2.76. The predicted octanol–water partition coefficient (Wildman–Crippen LogP) is 0.763. The molecule has 0 spiro atoms. The Morgan fingerprint density at radius 2 is 2.33 bits per heavy atom. The number of rotatable bonds is 4. The molecule has 0 heterocycles. The van der Waals surface area contributed by atoms with Gasteiger partial charge in [-0.3, -0.25) is 9.59 Å². The largest absolute Gasteiger partial charge is 0.483 e. The molecule has 0 aliphatic carbocycles. The molecule has 0 aromatic heterocycles. The number of carbonyl (C=O) groups is 2. The fraction of sp³-hybridized carbons (Fsp3) is 0.200. The molecule has 0 atom stereocenters. The summed E-state index contributed by atoms with van der Waals surface area (Å²) in [5.74, 6) is -0.657. The van der Waals surface area contributed by atoms with E-state index in [0.717, 1.165) is 12.1 Å². The number of hydrogen-bond acceptors (Lipinski definition) is 3. The highest BCUT2D eigenvalue weighted by molar-refractivity contribution is 5.80. The van der Waals surface area contributed by atoms with Crippen molar-refractivity contribution in [1.82, 2.24) is 5.32 Å². The Morgan fingerprint density at radius 3 is 2.93 bits per heavy atom. The van der Waals surface area contributed by atoms with Gasteiger partial charge in [-0.1, -0.05) is 0 Å². The second kappa shape index (κ2) is 5.09. The molecule has 0 saturated heterocycles. The fourth-order valence-corrected chi connectivity index (χ4v) is 0.958. The van der Waals surface area contributed by atoms with Crippen LogP contribution in [0, 0.1) is 5.82 Å². The first kappa shape index (κ1) is 11.2. The molecule has 0 unspecified atom stereocenters. The second-order valence-corrected chi connectivity index (χ2v) is 2.76. The molecule has 1 aromatic rings. The van der Waals surface area contributed by atoms with Gasteiger partial charge < -0.3 is 10.1 Å². The molecule has 0 radical (unpaired) electrons. The van der Waals surface area contributed by atoms with Crippen LogP contribution in [0.2, 0.25) is 0 Å². The van der Waals surface area contributed by atoms with Crippen molar-refractivity contribution >= 4 is 12.2 Å². The molecule has 15 heavy (non-hydrogen) atoms. The Bertz CT molecular complexity index is 379. The molecule has 80 valence electrons. The summed E-state index contributed by atoms with van der Waals surface area (Å²) in [5, 5.41) is 2.36. The first-order valence-corrected chi connectivity index (χ1v) is 4.25. The lowest BCUT2D eigenvalue weighted by Gasteiger charge is -2.06. The van der Waals surface area contributed by atoms with E-state index >= 15 is 0 Å². The van der Waals surface area contributed by atoms with Crippen molar-refractivity contribution in [3.63, 3.8) is 0 Å². The van der Waals surface area contributed by atoms with E-state index < -0.39 is 5.82 Å². The molecule has 1 amide bonds. The smallest absolute Gasteiger partial charge is 0.257 e. The van der Waals surface area contributed by atoms with Crippen LogP contribution in [0.4, 0.5) is 4.39 Å². The molecule has 1 rings (SSSR count). The van der Waals surface area contributed by atoms with Gasteiger partial charge in [-0.15, -0.1) is 0 Å². The van der Waals surface area contributed by atoms with E-state index in [1.165, 1.54) is 13.1 Å². The molecule has 0 bridgehead atoms. The number of hydrogen-bond donors (Lipinski definition) is 1. The number of likely N-dealkylation sites (N-methyl/N-ethyl adjacent to an activating group) is 1. The maximum absolute atomic E-state index is 12.7. The number of amides is 1. The maximum atomic E-state index is 12.7. The van der Waals surface area contributed by atoms with E-state index in [2.05, 4.69) is 5.32 Å². The van der Waals surface area contributed by atoms with Crippen molar-refractivity contribution in [3.05, 3.63) is 29.6 Å². The van der Waals surface area contributed by atoms with E-state index in [1.807, 2.05) is 0 Å². The summed E-state index contributed by atoms with van der Waals surface area (Å²) in [7, 11) is 1.47. The summed E-state index contributed by atoms with van der Waals surface area (Å²) in [6, 6.07) is 3.51. The number of benzene rings is 1. The molecular weight excluding hydrogens is 201 g/mol. The van der Waals surface area contributed by atoms with Gasteiger partial charge >= 0.3 is 0 Å². The minimum absolute atomic E-state index is 0.0823. The Morgan fingerprint density at radius 1 is 1.60 bits per heavy atom. The average molecular weight is 211 g/mol. The Labute approximate surface area is 86.0 Å². The van der Waals surface area contributed by atoms with Crippen LogP contribution in [0.25, 0.3) is 0 Å². The molecule has 0 fully saturated rings. The van der Waals surface area contributed by atoms with Crippen molar-refractivity contribution in [2.24, 2.45) is 0 Å². The van der Waals surface area contributed by atoms with E-state index in [-0.39, 0.29) is 23.8 Å². The number of aldehydes is 1. The van der Waals surface area contributed by atoms with Crippen molar-refractivity contribution in [2.45, 2.75) is 0 Å². The topological polar surface area (TPSA) is 55.4 Å². The van der Waals surface area contributed by atoms with Gasteiger partial charge in [0.1, 0.15) is 11.6 Å². The zero-order valence-electron chi connectivity index (χ0n) is 8.12. The minimum atomic E-state index is -0.524. The lowest BCUT2D eigenvalue weighted by molar-refractivity contribution is -0.122. The SMILES string of the molecule is CNC(=O)COc1ccc(F)cc1C=O. The third-order valence-electron chi connectivity index (χ3n) is 1.74. The number of ether oxygens (including phenoxy) is 1. The quantitative estimate of drug-likeness (QED) is 0.748. The van der Waals surface area contributed by atoms with Crippen LogP contribution in [0.3, 0.4) is 0 Å². The highest BCUT2D eigenvalue weighted by atomic mass is 19.1. The zero-order chi connectivity index (χ0) is 11.3. The van der Waals surface area contributed by atoms with Crippen LogP contribution in [0.15, 0.2) is 18.2 Å². The van der Waals surface area contributed by atoms with Crippen molar-refractivity contribution in [1.29, 1.82) is 0 Å². The van der Waals surface area contributed by atoms with E-state index in [1.54, 1.807) is 0 Å². The molecule has 0 aliphatic rings. The van der Waals surface area contributed by atoms with Crippen LogP contribution in [0.5, 0.6) is 5.75 Å². The van der Waals surface area contributed by atoms with E-state index in [9.17, 15) is 14.0 Å². The Kier molecular flexibility index (Phi) is 3.79. The fourth-order valence-electron chi connectivity index (χ4n) is 0.958. The molecule has 4 nitrogen and oxygen atoms in total. The van der Waals surface area contributed by atoms with Gasteiger partial charge in [0.15, 0.2) is 12.9 Å². The van der Waals surface area contributed by atoms with Crippen LogP contribution in [-0.4, -0.2) is 25.8 Å². The third kappa shape index (κ3) is 3.05. The number of halogens is 1. The monoisotopic (exact) mass is 211 g/mol. The van der Waals surface area contributed by atoms with Crippen LogP contribution in [0.1, 0.15) is 10.4 Å². The summed E-state index contributed by atoms with van der Waals surface area (Å²) in [6.45, 7) is -0.205. The van der Waals surface area contributed by atoms with Gasteiger partial charge in [0.2, 0.25) is 0 Å². The Hall–Kier alpha value is -1.91. The molecule has 5 heteroatoms. The van der Waals surface area contributed by atoms with Gasteiger partial charge in [-0.05, 0) is 18.2 Å². The number of carbonyl (C=O) groups excluding carboxylic acids is 2. The third-order valence-corrected chi connectivity index (χ3v) is 1.74. The van der Waals surface area contributed by atoms with Crippen molar-refractivity contribution in [2.75, 3.05) is 13.7 Å². The summed E-state index contributed by atoms with van der Waals surface area (Å²) < 4.78 is 17.7. The van der Waals surface area contributed by atoms with E-state index in [0.29, 0.717) is 6.29 Å². The van der Waals surface area contributed by atoms with Crippen molar-refractivity contribution < 1.29 is 18.7 Å². The normalized spacial score (nSPS) is 9.47. The van der Waals surface area contributed by atoms with Crippen LogP contribution in [-0.2, 0) is 4.79 Å². The van der Waals surface area contributed by atoms with Gasteiger partial charge in [0, 0.05) is 7.05 Å². The maximum Gasteiger partial charge on any atom is 0.257 e. The molecule has 1 N–H and O–H groups in total. The first-order chi connectivity index (χ1) is 7.17. The highest BCUT2D eigenvalue weighted by Crippen LogP contribution is 2.17. The molecule has 0 aliphatic heterocycles. The van der Waals surface area contributed by atoms with Crippen LogP contribution < -0.4 is 10.1 Å². The van der Waals surface area contributed by atoms with Gasteiger partial charge in [0.25, 0.3) is 5.91 Å². The van der Waals surface area contributed by atoms with Gasteiger partial charge in [-0.25, -0.2) is 4.39 Å². The van der Waals surface area contributed by atoms with Gasteiger partial charge in [0.05, 0.1) is 5.56 Å². The predicted molar refractivity (Wildman–Crippen MR) is 51.3 cm³/mol.